The van der Waals surface area contributed by atoms with Crippen LogP contribution < -0.4 is 5.32 Å². The molecule has 3 aliphatic rings. The van der Waals surface area contributed by atoms with Crippen molar-refractivity contribution in [2.75, 3.05) is 0 Å². The summed E-state index contributed by atoms with van der Waals surface area (Å²) in [6, 6.07) is 10.9. The van der Waals surface area contributed by atoms with Crippen molar-refractivity contribution >= 4 is 11.8 Å². The van der Waals surface area contributed by atoms with Gasteiger partial charge in [-0.1, -0.05) is 37.5 Å². The molecule has 7 nitrogen and oxygen atoms in total. The molecule has 3 aromatic rings. The van der Waals surface area contributed by atoms with Crippen LogP contribution in [-0.2, 0) is 16.8 Å². The summed E-state index contributed by atoms with van der Waals surface area (Å²) in [6.07, 6.45) is 2.91. The van der Waals surface area contributed by atoms with Gasteiger partial charge in [0.15, 0.2) is 0 Å². The van der Waals surface area contributed by atoms with E-state index in [1.807, 2.05) is 4.90 Å². The molecule has 2 aliphatic carbocycles. The largest absolute Gasteiger partial charge is 0.415 e. The van der Waals surface area contributed by atoms with Gasteiger partial charge in [-0.3, -0.25) is 9.59 Å². The predicted molar refractivity (Wildman–Crippen MR) is 131 cm³/mol. The number of nitrogens with one attached hydrogen (secondary N) is 1. The van der Waals surface area contributed by atoms with Crippen molar-refractivity contribution in [3.05, 3.63) is 70.9 Å². The van der Waals surface area contributed by atoms with E-state index in [2.05, 4.69) is 15.5 Å². The van der Waals surface area contributed by atoms with Gasteiger partial charge in [0.2, 0.25) is 11.8 Å². The maximum absolute atomic E-state index is 13.6. The van der Waals surface area contributed by atoms with E-state index in [0.717, 1.165) is 43.2 Å². The first-order valence-corrected chi connectivity index (χ1v) is 13.0. The molecule has 38 heavy (non-hydrogen) atoms. The van der Waals surface area contributed by atoms with Crippen LogP contribution in [0.2, 0.25) is 0 Å². The van der Waals surface area contributed by atoms with E-state index in [1.54, 1.807) is 30.3 Å². The van der Waals surface area contributed by atoms with E-state index in [1.165, 1.54) is 12.1 Å². The Morgan fingerprint density at radius 1 is 1.05 bits per heavy atom. The first kappa shape index (κ1) is 24.6. The summed E-state index contributed by atoms with van der Waals surface area (Å²) >= 11 is 0. The molecular formula is C28H27F3N4O3. The zero-order chi connectivity index (χ0) is 26.4. The molecule has 1 aliphatic heterocycles. The molecule has 1 N–H and O–H groups in total. The van der Waals surface area contributed by atoms with E-state index >= 15 is 0 Å². The van der Waals surface area contributed by atoms with Gasteiger partial charge in [-0.2, -0.15) is 8.78 Å². The standard InChI is InChI=1S/C28H27F3N4O3/c29-19-10-8-18(9-11-19)28(12-3-13-28)27(37)32-21-4-1-2-5-22(21)35-15-17-7-6-16(14-20(17)26(35)36)24-33-34-25(38-24)23(30)31/h6-11,14,21-23H,1-5,12-13,15H2,(H,32,37)/t21-,22-/m1/s1. The van der Waals surface area contributed by atoms with E-state index < -0.39 is 17.7 Å². The molecule has 2 heterocycles. The zero-order valence-corrected chi connectivity index (χ0v) is 20.6. The van der Waals surface area contributed by atoms with Gasteiger partial charge in [0.05, 0.1) is 11.5 Å². The Hall–Kier alpha value is -3.69. The fourth-order valence-electron chi connectivity index (χ4n) is 6.07. The molecule has 0 bridgehead atoms. The van der Waals surface area contributed by atoms with Crippen molar-refractivity contribution < 1.29 is 27.2 Å². The van der Waals surface area contributed by atoms with Crippen molar-refractivity contribution in [1.29, 1.82) is 0 Å². The summed E-state index contributed by atoms with van der Waals surface area (Å²) < 4.78 is 44.3. The monoisotopic (exact) mass is 524 g/mol. The normalized spacial score (nSPS) is 22.3. The highest BCUT2D eigenvalue weighted by molar-refractivity contribution is 5.99. The molecule has 2 fully saturated rings. The number of hydrogen-bond acceptors (Lipinski definition) is 5. The lowest BCUT2D eigenvalue weighted by molar-refractivity contribution is -0.131. The summed E-state index contributed by atoms with van der Waals surface area (Å²) in [5, 5.41) is 10.3. The number of halogens is 3. The Morgan fingerprint density at radius 2 is 1.82 bits per heavy atom. The number of carbonyl (C=O) groups is 2. The van der Waals surface area contributed by atoms with Crippen LogP contribution in [0.4, 0.5) is 13.2 Å². The van der Waals surface area contributed by atoms with Crippen LogP contribution in [-0.4, -0.2) is 39.0 Å². The fourth-order valence-corrected chi connectivity index (χ4v) is 6.07. The molecule has 0 spiro atoms. The molecule has 2 saturated carbocycles. The third-order valence-electron chi connectivity index (χ3n) is 8.30. The highest BCUT2D eigenvalue weighted by Gasteiger charge is 2.47. The Labute approximate surface area is 217 Å². The third-order valence-corrected chi connectivity index (χ3v) is 8.30. The van der Waals surface area contributed by atoms with E-state index in [9.17, 15) is 22.8 Å². The summed E-state index contributed by atoms with van der Waals surface area (Å²) in [7, 11) is 0. The molecule has 2 aromatic carbocycles. The van der Waals surface area contributed by atoms with Crippen molar-refractivity contribution in [2.24, 2.45) is 0 Å². The number of carbonyl (C=O) groups excluding carboxylic acids is 2. The number of aromatic nitrogens is 2. The second-order valence-electron chi connectivity index (χ2n) is 10.4. The molecule has 1 aromatic heterocycles. The number of alkyl halides is 2. The number of amides is 2. The minimum absolute atomic E-state index is 0.0649. The summed E-state index contributed by atoms with van der Waals surface area (Å²) in [6.45, 7) is 0.403. The smallest absolute Gasteiger partial charge is 0.314 e. The van der Waals surface area contributed by atoms with E-state index in [0.29, 0.717) is 30.5 Å². The van der Waals surface area contributed by atoms with Crippen molar-refractivity contribution in [1.82, 2.24) is 20.4 Å². The van der Waals surface area contributed by atoms with Crippen LogP contribution in [0, 0.1) is 5.82 Å². The fraction of sp³-hybridized carbons (Fsp3) is 0.429. The number of benzene rings is 2. The predicted octanol–water partition coefficient (Wildman–Crippen LogP) is 5.32. The number of fused-ring (bicyclic) bond motifs is 1. The van der Waals surface area contributed by atoms with E-state index in [4.69, 9.17) is 4.42 Å². The Balaban J connectivity index is 1.21. The van der Waals surface area contributed by atoms with Crippen LogP contribution in [0.1, 0.15) is 78.7 Å². The van der Waals surface area contributed by atoms with Crippen LogP contribution in [0.5, 0.6) is 0 Å². The molecule has 198 valence electrons. The lowest BCUT2D eigenvalue weighted by atomic mass is 9.63. The molecule has 6 rings (SSSR count). The minimum atomic E-state index is -2.87. The second kappa shape index (κ2) is 9.56. The maximum atomic E-state index is 13.6. The van der Waals surface area contributed by atoms with Gasteiger partial charge in [-0.25, -0.2) is 4.39 Å². The molecule has 10 heteroatoms. The van der Waals surface area contributed by atoms with Gasteiger partial charge in [0.25, 0.3) is 11.8 Å². The Kier molecular flexibility index (Phi) is 6.20. The summed E-state index contributed by atoms with van der Waals surface area (Å²) in [5.41, 5.74) is 1.85. The molecule has 2 atom stereocenters. The summed E-state index contributed by atoms with van der Waals surface area (Å²) in [4.78, 5) is 29.0. The second-order valence-corrected chi connectivity index (χ2v) is 10.4. The quantitative estimate of drug-likeness (QED) is 0.472. The zero-order valence-electron chi connectivity index (χ0n) is 20.6. The van der Waals surface area contributed by atoms with Gasteiger partial charge in [0.1, 0.15) is 5.82 Å². The highest BCUT2D eigenvalue weighted by atomic mass is 19.3. The molecule has 0 unspecified atom stereocenters. The SMILES string of the molecule is O=C1c2cc(-c3nnc(C(F)F)o3)ccc2CN1[C@@H]1CCCC[C@H]1NC(=O)C1(c2ccc(F)cc2)CCC1. The topological polar surface area (TPSA) is 88.3 Å². The van der Waals surface area contributed by atoms with Crippen molar-refractivity contribution in [2.45, 2.75) is 75.4 Å². The molecule has 0 saturated heterocycles. The first-order chi connectivity index (χ1) is 18.4. The lowest BCUT2D eigenvalue weighted by Crippen LogP contribution is -2.58. The average molecular weight is 525 g/mol. The Morgan fingerprint density at radius 3 is 2.50 bits per heavy atom. The number of hydrogen-bond donors (Lipinski definition) is 1. The van der Waals surface area contributed by atoms with Gasteiger partial charge < -0.3 is 14.6 Å². The van der Waals surface area contributed by atoms with Crippen LogP contribution in [0.15, 0.2) is 46.9 Å². The Bertz CT molecular complexity index is 1370. The summed E-state index contributed by atoms with van der Waals surface area (Å²) in [5.74, 6) is -1.40. The highest BCUT2D eigenvalue weighted by Crippen LogP contribution is 2.44. The lowest BCUT2D eigenvalue weighted by Gasteiger charge is -2.44. The van der Waals surface area contributed by atoms with Crippen LogP contribution in [0.25, 0.3) is 11.5 Å². The first-order valence-electron chi connectivity index (χ1n) is 13.0. The maximum Gasteiger partial charge on any atom is 0.314 e. The molecule has 2 amide bonds. The third kappa shape index (κ3) is 4.16. The van der Waals surface area contributed by atoms with Gasteiger partial charge in [-0.15, -0.1) is 10.2 Å². The number of rotatable bonds is 6. The van der Waals surface area contributed by atoms with Crippen molar-refractivity contribution in [3.63, 3.8) is 0 Å². The van der Waals surface area contributed by atoms with Crippen LogP contribution >= 0.6 is 0 Å². The van der Waals surface area contributed by atoms with Crippen molar-refractivity contribution in [3.8, 4) is 11.5 Å². The van der Waals surface area contributed by atoms with Gasteiger partial charge in [-0.05, 0) is 61.1 Å². The molecule has 0 radical (unpaired) electrons. The van der Waals surface area contributed by atoms with E-state index in [-0.39, 0.29) is 35.6 Å². The van der Waals surface area contributed by atoms with Crippen LogP contribution in [0.3, 0.4) is 0 Å². The van der Waals surface area contributed by atoms with Gasteiger partial charge in [0, 0.05) is 23.7 Å². The van der Waals surface area contributed by atoms with Gasteiger partial charge >= 0.3 is 6.43 Å². The molecular weight excluding hydrogens is 497 g/mol. The minimum Gasteiger partial charge on any atom is -0.415 e. The average Bonchev–Trinajstić information content (AvgIpc) is 3.50. The number of nitrogens with zero attached hydrogens (tertiary/aromatic N) is 3.